The molecule has 0 nitrogen and oxygen atoms in total. The molecule has 0 saturated carbocycles. The molecule has 2 aromatic carbocycles. The van der Waals surface area contributed by atoms with Gasteiger partial charge in [-0.05, 0) is 41.7 Å². The molecule has 21 heavy (non-hydrogen) atoms. The predicted octanol–water partition coefficient (Wildman–Crippen LogP) is 5.86. The quantitative estimate of drug-likeness (QED) is 0.577. The molecular formula is C18H19Cl3. The summed E-state index contributed by atoms with van der Waals surface area (Å²) in [5.74, 6) is 0.960. The molecule has 0 atom stereocenters. The van der Waals surface area contributed by atoms with Gasteiger partial charge in [0.2, 0.25) is 0 Å². The Hall–Kier alpha value is -0.690. The van der Waals surface area contributed by atoms with Crippen LogP contribution in [-0.2, 0) is 18.3 Å². The number of alkyl halides is 2. The number of hydrogen-bond donors (Lipinski definition) is 0. The van der Waals surface area contributed by atoms with Crippen molar-refractivity contribution in [1.82, 2.24) is 0 Å². The second-order valence-electron chi connectivity index (χ2n) is 5.40. The SMILES string of the molecule is CCc1ccc(CC(CCl)(CCl)c2ccc(Cl)cc2)cc1. The molecule has 0 aliphatic heterocycles. The van der Waals surface area contributed by atoms with Crippen LogP contribution < -0.4 is 0 Å². The molecule has 0 aliphatic rings. The number of hydrogen-bond acceptors (Lipinski definition) is 0. The van der Waals surface area contributed by atoms with Gasteiger partial charge in [0.25, 0.3) is 0 Å². The third kappa shape index (κ3) is 3.94. The summed E-state index contributed by atoms with van der Waals surface area (Å²) in [5.41, 5.74) is 3.47. The van der Waals surface area contributed by atoms with Gasteiger partial charge in [0.05, 0.1) is 0 Å². The zero-order valence-corrected chi connectivity index (χ0v) is 14.3. The lowest BCUT2D eigenvalue weighted by molar-refractivity contribution is 0.536. The zero-order chi connectivity index (χ0) is 15.3. The Morgan fingerprint density at radius 3 is 1.81 bits per heavy atom. The summed E-state index contributed by atoms with van der Waals surface area (Å²) in [6, 6.07) is 16.5. The summed E-state index contributed by atoms with van der Waals surface area (Å²) in [5, 5.41) is 0.726. The van der Waals surface area contributed by atoms with Crippen molar-refractivity contribution in [2.24, 2.45) is 0 Å². The lowest BCUT2D eigenvalue weighted by Crippen LogP contribution is -2.33. The Kier molecular flexibility index (Phi) is 5.98. The van der Waals surface area contributed by atoms with Gasteiger partial charge >= 0.3 is 0 Å². The summed E-state index contributed by atoms with van der Waals surface area (Å²) in [6.45, 7) is 2.16. The van der Waals surface area contributed by atoms with Crippen molar-refractivity contribution >= 4 is 34.8 Å². The van der Waals surface area contributed by atoms with Crippen LogP contribution in [0.15, 0.2) is 48.5 Å². The van der Waals surface area contributed by atoms with E-state index < -0.39 is 0 Å². The topological polar surface area (TPSA) is 0 Å². The van der Waals surface area contributed by atoms with Crippen molar-refractivity contribution in [3.63, 3.8) is 0 Å². The third-order valence-electron chi connectivity index (χ3n) is 3.94. The van der Waals surface area contributed by atoms with Gasteiger partial charge in [-0.1, -0.05) is 54.9 Å². The van der Waals surface area contributed by atoms with Crippen molar-refractivity contribution < 1.29 is 0 Å². The highest BCUT2D eigenvalue weighted by Gasteiger charge is 2.31. The Morgan fingerprint density at radius 2 is 1.33 bits per heavy atom. The van der Waals surface area contributed by atoms with Gasteiger partial charge < -0.3 is 0 Å². The highest BCUT2D eigenvalue weighted by atomic mass is 35.5. The minimum absolute atomic E-state index is 0.262. The second kappa shape index (κ2) is 7.54. The minimum Gasteiger partial charge on any atom is -0.126 e. The molecule has 0 saturated heterocycles. The van der Waals surface area contributed by atoms with Crippen LogP contribution in [0, 0.1) is 0 Å². The first kappa shape index (κ1) is 16.7. The number of halogens is 3. The first-order valence-electron chi connectivity index (χ1n) is 7.09. The fraction of sp³-hybridized carbons (Fsp3) is 0.333. The van der Waals surface area contributed by atoms with E-state index in [1.807, 2.05) is 24.3 Å². The maximum absolute atomic E-state index is 6.29. The molecule has 0 amide bonds. The predicted molar refractivity (Wildman–Crippen MR) is 94.1 cm³/mol. The van der Waals surface area contributed by atoms with Crippen molar-refractivity contribution in [2.45, 2.75) is 25.2 Å². The van der Waals surface area contributed by atoms with Crippen molar-refractivity contribution in [3.05, 3.63) is 70.2 Å². The van der Waals surface area contributed by atoms with Crippen molar-refractivity contribution in [2.75, 3.05) is 11.8 Å². The van der Waals surface area contributed by atoms with E-state index in [2.05, 4.69) is 31.2 Å². The molecule has 0 bridgehead atoms. The molecule has 0 unspecified atom stereocenters. The first-order chi connectivity index (χ1) is 10.1. The maximum atomic E-state index is 6.29. The highest BCUT2D eigenvalue weighted by molar-refractivity contribution is 6.30. The van der Waals surface area contributed by atoms with Crippen LogP contribution in [0.25, 0.3) is 0 Å². The van der Waals surface area contributed by atoms with E-state index in [1.54, 1.807) is 0 Å². The van der Waals surface area contributed by atoms with E-state index >= 15 is 0 Å². The van der Waals surface area contributed by atoms with Crippen LogP contribution >= 0.6 is 34.8 Å². The molecule has 2 aromatic rings. The van der Waals surface area contributed by atoms with E-state index in [-0.39, 0.29) is 5.41 Å². The Balaban J connectivity index is 2.30. The molecule has 0 radical (unpaired) electrons. The number of aryl methyl sites for hydroxylation is 1. The maximum Gasteiger partial charge on any atom is 0.0406 e. The summed E-state index contributed by atoms with van der Waals surface area (Å²) < 4.78 is 0. The highest BCUT2D eigenvalue weighted by Crippen LogP contribution is 2.32. The van der Waals surface area contributed by atoms with Gasteiger partial charge in [0.15, 0.2) is 0 Å². The van der Waals surface area contributed by atoms with Gasteiger partial charge in [-0.25, -0.2) is 0 Å². The van der Waals surface area contributed by atoms with Gasteiger partial charge in [0, 0.05) is 22.2 Å². The molecule has 0 aromatic heterocycles. The molecular weight excluding hydrogens is 323 g/mol. The standard InChI is InChI=1S/C18H19Cl3/c1-2-14-3-5-15(6-4-14)11-18(12-19,13-20)16-7-9-17(21)10-8-16/h3-10H,2,11-13H2,1H3. The van der Waals surface area contributed by atoms with Crippen LogP contribution in [-0.4, -0.2) is 11.8 Å². The van der Waals surface area contributed by atoms with Gasteiger partial charge in [-0.3, -0.25) is 0 Å². The Bertz CT molecular complexity index is 554. The Morgan fingerprint density at radius 1 is 0.810 bits per heavy atom. The van der Waals surface area contributed by atoms with E-state index in [1.165, 1.54) is 11.1 Å². The normalized spacial score (nSPS) is 11.6. The van der Waals surface area contributed by atoms with Crippen LogP contribution in [0.5, 0.6) is 0 Å². The van der Waals surface area contributed by atoms with Crippen LogP contribution in [0.2, 0.25) is 5.02 Å². The van der Waals surface area contributed by atoms with Crippen molar-refractivity contribution in [3.8, 4) is 0 Å². The van der Waals surface area contributed by atoms with Gasteiger partial charge in [-0.15, -0.1) is 23.2 Å². The molecule has 0 fully saturated rings. The minimum atomic E-state index is -0.262. The number of benzene rings is 2. The van der Waals surface area contributed by atoms with Crippen molar-refractivity contribution in [1.29, 1.82) is 0 Å². The average molecular weight is 342 g/mol. The molecule has 3 heteroatoms. The van der Waals surface area contributed by atoms with Gasteiger partial charge in [-0.2, -0.15) is 0 Å². The molecule has 0 N–H and O–H groups in total. The fourth-order valence-corrected chi connectivity index (χ4v) is 3.38. The monoisotopic (exact) mass is 340 g/mol. The largest absolute Gasteiger partial charge is 0.126 e. The molecule has 0 aliphatic carbocycles. The van der Waals surface area contributed by atoms with E-state index in [0.717, 1.165) is 23.4 Å². The lowest BCUT2D eigenvalue weighted by Gasteiger charge is -2.30. The van der Waals surface area contributed by atoms with E-state index in [9.17, 15) is 0 Å². The summed E-state index contributed by atoms with van der Waals surface area (Å²) in [4.78, 5) is 0. The van der Waals surface area contributed by atoms with Gasteiger partial charge in [0.1, 0.15) is 0 Å². The average Bonchev–Trinajstić information content (AvgIpc) is 2.54. The van der Waals surface area contributed by atoms with E-state index in [4.69, 9.17) is 34.8 Å². The molecule has 0 heterocycles. The fourth-order valence-electron chi connectivity index (χ4n) is 2.47. The number of rotatable bonds is 6. The van der Waals surface area contributed by atoms with E-state index in [0.29, 0.717) is 11.8 Å². The second-order valence-corrected chi connectivity index (χ2v) is 6.37. The van der Waals surface area contributed by atoms with Crippen LogP contribution in [0.3, 0.4) is 0 Å². The van der Waals surface area contributed by atoms with Crippen LogP contribution in [0.1, 0.15) is 23.6 Å². The zero-order valence-electron chi connectivity index (χ0n) is 12.1. The summed E-state index contributed by atoms with van der Waals surface area (Å²) in [6.07, 6.45) is 1.87. The Labute approximate surface area is 142 Å². The molecule has 112 valence electrons. The first-order valence-corrected chi connectivity index (χ1v) is 8.54. The smallest absolute Gasteiger partial charge is 0.0406 e. The molecule has 2 rings (SSSR count). The summed E-state index contributed by atoms with van der Waals surface area (Å²) >= 11 is 18.6. The third-order valence-corrected chi connectivity index (χ3v) is 5.22. The summed E-state index contributed by atoms with van der Waals surface area (Å²) in [7, 11) is 0. The molecule has 0 spiro atoms. The lowest BCUT2D eigenvalue weighted by atomic mass is 9.78. The van der Waals surface area contributed by atoms with Crippen LogP contribution in [0.4, 0.5) is 0 Å².